The van der Waals surface area contributed by atoms with Crippen molar-refractivity contribution in [2.45, 2.75) is 31.7 Å². The molecule has 112 valence electrons. The minimum absolute atomic E-state index is 0.143. The Balaban J connectivity index is 2.03. The number of piperidine rings is 1. The van der Waals surface area contributed by atoms with Crippen molar-refractivity contribution in [2.24, 2.45) is 5.41 Å². The average molecular weight is 351 g/mol. The summed E-state index contributed by atoms with van der Waals surface area (Å²) in [6.07, 6.45) is 1.30. The third-order valence-corrected chi connectivity index (χ3v) is 5.40. The maximum absolute atomic E-state index is 12.5. The van der Waals surface area contributed by atoms with Crippen LogP contribution in [0, 0.1) is 5.41 Å². The Hall–Kier alpha value is -1.20. The zero-order valence-electron chi connectivity index (χ0n) is 12.2. The molecule has 3 rings (SSSR count). The van der Waals surface area contributed by atoms with E-state index in [1.165, 1.54) is 0 Å². The summed E-state index contributed by atoms with van der Waals surface area (Å²) >= 11 is 3.43. The topological polar surface area (TPSA) is 49.4 Å². The molecule has 2 amide bonds. The van der Waals surface area contributed by atoms with E-state index in [4.69, 9.17) is 0 Å². The van der Waals surface area contributed by atoms with Gasteiger partial charge in [0.2, 0.25) is 11.8 Å². The summed E-state index contributed by atoms with van der Waals surface area (Å²) in [7, 11) is 2.06. The number of carbonyl (C=O) groups excluding carboxylic acids is 2. The molecule has 3 atom stereocenters. The number of nitrogens with zero attached hydrogens (tertiary/aromatic N) is 1. The molecule has 1 N–H and O–H groups in total. The summed E-state index contributed by atoms with van der Waals surface area (Å²) in [5.74, 6) is -0.553. The van der Waals surface area contributed by atoms with Gasteiger partial charge in [0, 0.05) is 28.9 Å². The molecular formula is C16H19BrN2O2. The van der Waals surface area contributed by atoms with Gasteiger partial charge in [-0.05, 0) is 38.1 Å². The Morgan fingerprint density at radius 1 is 1.29 bits per heavy atom. The molecule has 4 nitrogen and oxygen atoms in total. The Labute approximate surface area is 133 Å². The Morgan fingerprint density at radius 3 is 2.52 bits per heavy atom. The van der Waals surface area contributed by atoms with Crippen LogP contribution in [0.3, 0.4) is 0 Å². The van der Waals surface area contributed by atoms with Crippen LogP contribution in [0.2, 0.25) is 0 Å². The first-order valence-electron chi connectivity index (χ1n) is 7.21. The second-order valence-corrected chi connectivity index (χ2v) is 7.32. The Kier molecular flexibility index (Phi) is 3.66. The quantitative estimate of drug-likeness (QED) is 0.790. The number of nitrogens with one attached hydrogen (secondary N) is 1. The van der Waals surface area contributed by atoms with E-state index in [0.717, 1.165) is 23.0 Å². The fourth-order valence-electron chi connectivity index (χ4n) is 3.91. The highest BCUT2D eigenvalue weighted by Crippen LogP contribution is 2.50. The van der Waals surface area contributed by atoms with Crippen molar-refractivity contribution in [2.75, 3.05) is 13.6 Å². The first-order valence-corrected chi connectivity index (χ1v) is 8.00. The lowest BCUT2D eigenvalue weighted by Crippen LogP contribution is -2.51. The van der Waals surface area contributed by atoms with Crippen molar-refractivity contribution in [3.63, 3.8) is 0 Å². The predicted molar refractivity (Wildman–Crippen MR) is 83.8 cm³/mol. The van der Waals surface area contributed by atoms with E-state index in [1.54, 1.807) is 0 Å². The van der Waals surface area contributed by atoms with Gasteiger partial charge in [-0.1, -0.05) is 28.1 Å². The molecule has 2 heterocycles. The van der Waals surface area contributed by atoms with E-state index in [9.17, 15) is 9.59 Å². The van der Waals surface area contributed by atoms with Crippen molar-refractivity contribution >= 4 is 27.7 Å². The number of halogens is 1. The van der Waals surface area contributed by atoms with Gasteiger partial charge in [-0.2, -0.15) is 0 Å². The van der Waals surface area contributed by atoms with Gasteiger partial charge in [-0.15, -0.1) is 0 Å². The fourth-order valence-corrected chi connectivity index (χ4v) is 4.18. The highest BCUT2D eigenvalue weighted by Gasteiger charge is 2.53. The Bertz CT molecular complexity index is 574. The van der Waals surface area contributed by atoms with E-state index in [1.807, 2.05) is 24.3 Å². The first kappa shape index (κ1) is 14.7. The van der Waals surface area contributed by atoms with Gasteiger partial charge >= 0.3 is 0 Å². The molecule has 2 saturated heterocycles. The number of carbonyl (C=O) groups is 2. The molecule has 0 radical (unpaired) electrons. The van der Waals surface area contributed by atoms with Crippen LogP contribution in [0.1, 0.15) is 31.2 Å². The number of amides is 2. The molecule has 0 saturated carbocycles. The van der Waals surface area contributed by atoms with Crippen LogP contribution < -0.4 is 5.32 Å². The molecule has 2 fully saturated rings. The minimum atomic E-state index is -0.276. The zero-order chi connectivity index (χ0) is 15.2. The molecule has 0 aliphatic carbocycles. The molecule has 2 aliphatic rings. The van der Waals surface area contributed by atoms with Gasteiger partial charge in [0.1, 0.15) is 0 Å². The van der Waals surface area contributed by atoms with Crippen molar-refractivity contribution in [3.8, 4) is 0 Å². The third kappa shape index (κ3) is 2.53. The van der Waals surface area contributed by atoms with Crippen molar-refractivity contribution in [1.82, 2.24) is 10.2 Å². The summed E-state index contributed by atoms with van der Waals surface area (Å²) in [6, 6.07) is 8.26. The zero-order valence-corrected chi connectivity index (χ0v) is 13.8. The smallest absolute Gasteiger partial charge is 0.234 e. The predicted octanol–water partition coefficient (Wildman–Crippen LogP) is 2.29. The van der Waals surface area contributed by atoms with Crippen LogP contribution in [0.15, 0.2) is 28.7 Å². The number of hydrogen-bond acceptors (Lipinski definition) is 3. The lowest BCUT2D eigenvalue weighted by atomic mass is 9.66. The van der Waals surface area contributed by atoms with Crippen LogP contribution in [-0.2, 0) is 9.59 Å². The van der Waals surface area contributed by atoms with Crippen LogP contribution in [0.5, 0.6) is 0 Å². The molecule has 2 aliphatic heterocycles. The largest absolute Gasteiger partial charge is 0.303 e. The molecule has 1 spiro atoms. The van der Waals surface area contributed by atoms with Crippen molar-refractivity contribution in [1.29, 1.82) is 0 Å². The summed E-state index contributed by atoms with van der Waals surface area (Å²) in [6.45, 7) is 2.94. The van der Waals surface area contributed by atoms with Gasteiger partial charge in [0.05, 0.1) is 5.92 Å². The van der Waals surface area contributed by atoms with Gasteiger partial charge in [0.25, 0.3) is 0 Å². The minimum Gasteiger partial charge on any atom is -0.303 e. The van der Waals surface area contributed by atoms with Crippen LogP contribution >= 0.6 is 15.9 Å². The normalized spacial score (nSPS) is 33.5. The SMILES string of the molecule is CC1CC2(CC(=O)NC(=O)C2c2ccc(Br)cc2)CN1C. The number of hydrogen-bond donors (Lipinski definition) is 1. The average Bonchev–Trinajstić information content (AvgIpc) is 2.66. The second-order valence-electron chi connectivity index (χ2n) is 6.40. The van der Waals surface area contributed by atoms with Crippen molar-refractivity contribution in [3.05, 3.63) is 34.3 Å². The molecule has 21 heavy (non-hydrogen) atoms. The molecule has 1 aromatic carbocycles. The number of imide groups is 1. The summed E-state index contributed by atoms with van der Waals surface area (Å²) in [5.41, 5.74) is 0.715. The monoisotopic (exact) mass is 350 g/mol. The van der Waals surface area contributed by atoms with Crippen molar-refractivity contribution < 1.29 is 9.59 Å². The summed E-state index contributed by atoms with van der Waals surface area (Å²) in [4.78, 5) is 26.7. The van der Waals surface area contributed by atoms with E-state index < -0.39 is 0 Å². The van der Waals surface area contributed by atoms with Gasteiger partial charge in [0.15, 0.2) is 0 Å². The summed E-state index contributed by atoms with van der Waals surface area (Å²) in [5, 5.41) is 2.52. The molecular weight excluding hydrogens is 332 g/mol. The van der Waals surface area contributed by atoms with E-state index >= 15 is 0 Å². The molecule has 0 bridgehead atoms. The maximum atomic E-state index is 12.5. The van der Waals surface area contributed by atoms with Crippen LogP contribution in [0.25, 0.3) is 0 Å². The highest BCUT2D eigenvalue weighted by atomic mass is 79.9. The molecule has 0 aromatic heterocycles. The van der Waals surface area contributed by atoms with E-state index in [2.05, 4.69) is 40.1 Å². The second kappa shape index (κ2) is 5.21. The fraction of sp³-hybridized carbons (Fsp3) is 0.500. The van der Waals surface area contributed by atoms with E-state index in [-0.39, 0.29) is 23.1 Å². The van der Waals surface area contributed by atoms with E-state index in [0.29, 0.717) is 12.5 Å². The van der Waals surface area contributed by atoms with Crippen LogP contribution in [0.4, 0.5) is 0 Å². The van der Waals surface area contributed by atoms with Gasteiger partial charge in [-0.25, -0.2) is 0 Å². The number of likely N-dealkylation sites (tertiary alicyclic amines) is 1. The molecule has 1 aromatic rings. The van der Waals surface area contributed by atoms with Gasteiger partial charge < -0.3 is 4.90 Å². The highest BCUT2D eigenvalue weighted by molar-refractivity contribution is 9.10. The lowest BCUT2D eigenvalue weighted by molar-refractivity contribution is -0.139. The maximum Gasteiger partial charge on any atom is 0.234 e. The number of rotatable bonds is 1. The number of benzene rings is 1. The molecule has 3 unspecified atom stereocenters. The third-order valence-electron chi connectivity index (χ3n) is 4.87. The summed E-state index contributed by atoms with van der Waals surface area (Å²) < 4.78 is 0.990. The lowest BCUT2D eigenvalue weighted by Gasteiger charge is -2.39. The first-order chi connectivity index (χ1) is 9.91. The van der Waals surface area contributed by atoms with Crippen LogP contribution in [-0.4, -0.2) is 36.3 Å². The van der Waals surface area contributed by atoms with Gasteiger partial charge in [-0.3, -0.25) is 14.9 Å². The molecule has 5 heteroatoms. The standard InChI is InChI=1S/C16H19BrN2O2/c1-10-7-16(9-19(10)2)8-13(20)18-15(21)14(16)11-3-5-12(17)6-4-11/h3-6,10,14H,7-9H2,1-2H3,(H,18,20,21). The Morgan fingerprint density at radius 2 is 1.95 bits per heavy atom.